The average Bonchev–Trinajstić information content (AvgIpc) is 3.17. The van der Waals surface area contributed by atoms with Gasteiger partial charge >= 0.3 is 0 Å². The van der Waals surface area contributed by atoms with Crippen molar-refractivity contribution in [2.45, 2.75) is 4.90 Å². The molecule has 2 aliphatic rings. The summed E-state index contributed by atoms with van der Waals surface area (Å²) in [5, 5.41) is 0.318. The lowest BCUT2D eigenvalue weighted by Gasteiger charge is -2.34. The van der Waals surface area contributed by atoms with Crippen LogP contribution >= 0.6 is 11.6 Å². The van der Waals surface area contributed by atoms with Gasteiger partial charge in [-0.1, -0.05) is 29.8 Å². The Balaban J connectivity index is 1.47. The summed E-state index contributed by atoms with van der Waals surface area (Å²) >= 11 is 6.15. The number of carbonyl (C=O) groups excluding carboxylic acids is 1. The van der Waals surface area contributed by atoms with Gasteiger partial charge in [-0.25, -0.2) is 8.42 Å². The molecule has 2 heterocycles. The molecule has 0 bridgehead atoms. The highest BCUT2D eigenvalue weighted by Crippen LogP contribution is 2.40. The molecule has 1 saturated heterocycles. The number of sulfonamides is 1. The molecule has 1 fully saturated rings. The van der Waals surface area contributed by atoms with Gasteiger partial charge in [0.1, 0.15) is 0 Å². The van der Waals surface area contributed by atoms with Crippen LogP contribution in [0.2, 0.25) is 5.02 Å². The molecule has 1 amide bonds. The second-order valence-electron chi connectivity index (χ2n) is 6.20. The van der Waals surface area contributed by atoms with Crippen molar-refractivity contribution in [3.05, 3.63) is 53.1 Å². The quantitative estimate of drug-likeness (QED) is 0.778. The fraction of sp³-hybridized carbons (Fsp3) is 0.278. The third kappa shape index (κ3) is 3.36. The molecule has 0 spiro atoms. The third-order valence-electron chi connectivity index (χ3n) is 4.58. The van der Waals surface area contributed by atoms with E-state index in [0.29, 0.717) is 35.2 Å². The van der Waals surface area contributed by atoms with Crippen LogP contribution in [0.1, 0.15) is 10.4 Å². The van der Waals surface area contributed by atoms with Gasteiger partial charge < -0.3 is 14.4 Å². The van der Waals surface area contributed by atoms with Crippen LogP contribution < -0.4 is 9.47 Å². The number of hydrogen-bond donors (Lipinski definition) is 0. The lowest BCUT2D eigenvalue weighted by molar-refractivity contribution is 0.0697. The molecule has 2 aromatic carbocycles. The Morgan fingerprint density at radius 1 is 1.00 bits per heavy atom. The lowest BCUT2D eigenvalue weighted by Crippen LogP contribution is -2.50. The van der Waals surface area contributed by atoms with Gasteiger partial charge in [-0.15, -0.1) is 0 Å². The summed E-state index contributed by atoms with van der Waals surface area (Å²) in [5.41, 5.74) is 0.392. The number of carbonyl (C=O) groups is 1. The molecule has 0 aromatic heterocycles. The van der Waals surface area contributed by atoms with Gasteiger partial charge in [0.25, 0.3) is 5.91 Å². The molecule has 7 nitrogen and oxygen atoms in total. The van der Waals surface area contributed by atoms with Crippen molar-refractivity contribution >= 4 is 27.5 Å². The largest absolute Gasteiger partial charge is 0.454 e. The fourth-order valence-electron chi connectivity index (χ4n) is 3.15. The number of fused-ring (bicyclic) bond motifs is 1. The van der Waals surface area contributed by atoms with E-state index < -0.39 is 10.0 Å². The first-order valence-corrected chi connectivity index (χ1v) is 10.2. The molecule has 0 radical (unpaired) electrons. The van der Waals surface area contributed by atoms with Crippen molar-refractivity contribution in [2.75, 3.05) is 33.0 Å². The molecule has 0 aliphatic carbocycles. The smallest absolute Gasteiger partial charge is 0.254 e. The summed E-state index contributed by atoms with van der Waals surface area (Å²) in [6.45, 7) is 1.15. The number of rotatable bonds is 3. The van der Waals surface area contributed by atoms with Gasteiger partial charge in [0.05, 0.1) is 9.92 Å². The minimum atomic E-state index is -3.55. The Bertz CT molecular complexity index is 973. The predicted octanol–water partition coefficient (Wildman–Crippen LogP) is 2.22. The number of amides is 1. The van der Waals surface area contributed by atoms with Crippen molar-refractivity contribution in [3.63, 3.8) is 0 Å². The first-order chi connectivity index (χ1) is 13.0. The lowest BCUT2D eigenvalue weighted by atomic mass is 10.1. The molecule has 4 rings (SSSR count). The molecule has 0 unspecified atom stereocenters. The van der Waals surface area contributed by atoms with E-state index >= 15 is 0 Å². The minimum absolute atomic E-state index is 0.0721. The van der Waals surface area contributed by atoms with Gasteiger partial charge in [0, 0.05) is 31.7 Å². The maximum atomic E-state index is 12.8. The van der Waals surface area contributed by atoms with Gasteiger partial charge in [-0.3, -0.25) is 4.79 Å². The molecular formula is C18H17ClN2O5S. The molecule has 142 valence electrons. The average molecular weight is 409 g/mol. The topological polar surface area (TPSA) is 76.2 Å². The Labute approximate surface area is 162 Å². The number of piperazine rings is 1. The van der Waals surface area contributed by atoms with Crippen LogP contribution in [-0.4, -0.2) is 56.5 Å². The van der Waals surface area contributed by atoms with E-state index in [0.717, 1.165) is 0 Å². The van der Waals surface area contributed by atoms with E-state index in [1.54, 1.807) is 47.4 Å². The summed E-state index contributed by atoms with van der Waals surface area (Å²) < 4.78 is 37.3. The highest BCUT2D eigenvalue weighted by atomic mass is 35.5. The zero-order valence-corrected chi connectivity index (χ0v) is 15.9. The van der Waals surface area contributed by atoms with Crippen LogP contribution in [0.4, 0.5) is 0 Å². The maximum absolute atomic E-state index is 12.8. The number of halogens is 1. The van der Waals surface area contributed by atoms with Gasteiger partial charge in [-0.2, -0.15) is 4.31 Å². The van der Waals surface area contributed by atoms with Crippen molar-refractivity contribution < 1.29 is 22.7 Å². The first-order valence-electron chi connectivity index (χ1n) is 8.40. The number of hydrogen-bond acceptors (Lipinski definition) is 5. The number of ether oxygens (including phenoxy) is 2. The van der Waals surface area contributed by atoms with Crippen molar-refractivity contribution in [2.24, 2.45) is 0 Å². The Morgan fingerprint density at radius 3 is 2.41 bits per heavy atom. The highest BCUT2D eigenvalue weighted by molar-refractivity contribution is 7.89. The van der Waals surface area contributed by atoms with Gasteiger partial charge in [-0.05, 0) is 24.3 Å². The molecule has 27 heavy (non-hydrogen) atoms. The normalized spacial score (nSPS) is 17.1. The molecule has 2 aliphatic heterocycles. The van der Waals surface area contributed by atoms with Crippen LogP contribution in [0.15, 0.2) is 47.4 Å². The number of benzene rings is 2. The Kier molecular flexibility index (Phi) is 4.71. The number of nitrogens with zero attached hydrogens (tertiary/aromatic N) is 2. The van der Waals surface area contributed by atoms with Crippen LogP contribution in [0.5, 0.6) is 11.5 Å². The molecule has 2 aromatic rings. The monoisotopic (exact) mass is 408 g/mol. The van der Waals surface area contributed by atoms with Gasteiger partial charge in [0.15, 0.2) is 11.5 Å². The van der Waals surface area contributed by atoms with Crippen molar-refractivity contribution in [3.8, 4) is 11.5 Å². The predicted molar refractivity (Wildman–Crippen MR) is 98.7 cm³/mol. The molecule has 9 heteroatoms. The van der Waals surface area contributed by atoms with Crippen LogP contribution in [-0.2, 0) is 10.0 Å². The summed E-state index contributed by atoms with van der Waals surface area (Å²) in [4.78, 5) is 14.7. The summed E-state index contributed by atoms with van der Waals surface area (Å²) in [6, 6.07) is 11.4. The summed E-state index contributed by atoms with van der Waals surface area (Å²) in [6.07, 6.45) is 0. The Morgan fingerprint density at radius 2 is 1.70 bits per heavy atom. The summed E-state index contributed by atoms with van der Waals surface area (Å²) in [7, 11) is -3.55. The standard InChI is InChI=1S/C18H17ClN2O5S/c19-15-10-13(11-16-17(15)26-12-25-16)18(22)20-6-8-21(9-7-20)27(23,24)14-4-2-1-3-5-14/h1-5,10-11H,6-9,12H2. The molecular weight excluding hydrogens is 392 g/mol. The molecule has 0 saturated carbocycles. The van der Waals surface area contributed by atoms with E-state index in [4.69, 9.17) is 21.1 Å². The van der Waals surface area contributed by atoms with Crippen LogP contribution in [0, 0.1) is 0 Å². The van der Waals surface area contributed by atoms with E-state index in [-0.39, 0.29) is 30.7 Å². The van der Waals surface area contributed by atoms with E-state index in [1.807, 2.05) is 0 Å². The van der Waals surface area contributed by atoms with Crippen molar-refractivity contribution in [1.29, 1.82) is 0 Å². The van der Waals surface area contributed by atoms with Gasteiger partial charge in [0.2, 0.25) is 16.8 Å². The molecule has 0 N–H and O–H groups in total. The van der Waals surface area contributed by atoms with E-state index in [9.17, 15) is 13.2 Å². The zero-order chi connectivity index (χ0) is 19.0. The maximum Gasteiger partial charge on any atom is 0.254 e. The summed E-state index contributed by atoms with van der Waals surface area (Å²) in [5.74, 6) is 0.662. The second-order valence-corrected chi connectivity index (χ2v) is 8.55. The zero-order valence-electron chi connectivity index (χ0n) is 14.3. The van der Waals surface area contributed by atoms with E-state index in [1.165, 1.54) is 4.31 Å². The second kappa shape index (κ2) is 7.03. The highest BCUT2D eigenvalue weighted by Gasteiger charge is 2.31. The third-order valence-corrected chi connectivity index (χ3v) is 6.77. The van der Waals surface area contributed by atoms with Crippen molar-refractivity contribution in [1.82, 2.24) is 9.21 Å². The van der Waals surface area contributed by atoms with Crippen LogP contribution in [0.3, 0.4) is 0 Å². The Hall–Kier alpha value is -2.29. The fourth-order valence-corrected chi connectivity index (χ4v) is 4.85. The minimum Gasteiger partial charge on any atom is -0.454 e. The first kappa shape index (κ1) is 18.1. The molecule has 0 atom stereocenters. The van der Waals surface area contributed by atoms with E-state index in [2.05, 4.69) is 0 Å². The van der Waals surface area contributed by atoms with Crippen LogP contribution in [0.25, 0.3) is 0 Å². The SMILES string of the molecule is O=C(c1cc(Cl)c2c(c1)OCO2)N1CCN(S(=O)(=O)c2ccccc2)CC1.